The van der Waals surface area contributed by atoms with Crippen molar-refractivity contribution in [2.75, 3.05) is 26.2 Å². The van der Waals surface area contributed by atoms with Crippen molar-refractivity contribution in [1.82, 2.24) is 10.2 Å². The highest BCUT2D eigenvalue weighted by molar-refractivity contribution is 5.78. The number of ether oxygens (including phenoxy) is 1. The maximum Gasteiger partial charge on any atom is 0.573 e. The molecule has 0 spiro atoms. The van der Waals surface area contributed by atoms with Gasteiger partial charge in [-0.05, 0) is 49.5 Å². The van der Waals surface area contributed by atoms with Crippen molar-refractivity contribution in [1.29, 1.82) is 0 Å². The molecule has 0 aromatic heterocycles. The molecule has 1 aliphatic rings. The quantitative estimate of drug-likeness (QED) is 0.826. The average Bonchev–Trinajstić information content (AvgIpc) is 2.53. The van der Waals surface area contributed by atoms with Gasteiger partial charge in [-0.1, -0.05) is 12.1 Å². The van der Waals surface area contributed by atoms with E-state index in [1.165, 1.54) is 24.3 Å². The van der Waals surface area contributed by atoms with Crippen LogP contribution in [0.3, 0.4) is 0 Å². The second-order valence-electron chi connectivity index (χ2n) is 5.87. The summed E-state index contributed by atoms with van der Waals surface area (Å²) in [6.07, 6.45) is -2.95. The van der Waals surface area contributed by atoms with Gasteiger partial charge in [0, 0.05) is 13.2 Å². The maximum atomic E-state index is 12.1. The van der Waals surface area contributed by atoms with Gasteiger partial charge in [0.1, 0.15) is 5.75 Å². The smallest absolute Gasteiger partial charge is 0.406 e. The van der Waals surface area contributed by atoms with Crippen LogP contribution in [0.15, 0.2) is 24.3 Å². The van der Waals surface area contributed by atoms with Gasteiger partial charge in [-0.3, -0.25) is 9.69 Å². The molecule has 0 unspecified atom stereocenters. The maximum absolute atomic E-state index is 12.1. The number of carbonyl (C=O) groups excluding carboxylic acids is 1. The lowest BCUT2D eigenvalue weighted by molar-refractivity contribution is -0.274. The lowest BCUT2D eigenvalue weighted by Crippen LogP contribution is -2.41. The number of nitrogens with zero attached hydrogens (tertiary/aromatic N) is 1. The standard InChI is InChI=1S/C16H21F3N2O3/c17-16(18,19)24-14-3-1-12(2-4-14)9-20-15(23)10-21-7-5-13(11-22)6-8-21/h1-4,13,22H,5-11H2,(H,20,23). The Bertz CT molecular complexity index is 526. The van der Waals surface area contributed by atoms with E-state index in [-0.39, 0.29) is 31.4 Å². The first-order valence-electron chi connectivity index (χ1n) is 7.80. The van der Waals surface area contributed by atoms with Gasteiger partial charge in [-0.15, -0.1) is 13.2 Å². The van der Waals surface area contributed by atoms with Crippen LogP contribution >= 0.6 is 0 Å². The molecule has 2 N–H and O–H groups in total. The fraction of sp³-hybridized carbons (Fsp3) is 0.562. The van der Waals surface area contributed by atoms with Crippen LogP contribution in [-0.4, -0.2) is 48.5 Å². The zero-order valence-corrected chi connectivity index (χ0v) is 13.2. The van der Waals surface area contributed by atoms with E-state index in [0.717, 1.165) is 25.9 Å². The summed E-state index contributed by atoms with van der Waals surface area (Å²) in [5, 5.41) is 11.8. The number of aliphatic hydroxyl groups excluding tert-OH is 1. The van der Waals surface area contributed by atoms with E-state index < -0.39 is 6.36 Å². The fourth-order valence-electron chi connectivity index (χ4n) is 2.60. The Morgan fingerprint density at radius 3 is 2.42 bits per heavy atom. The van der Waals surface area contributed by atoms with Crippen LogP contribution in [0.4, 0.5) is 13.2 Å². The van der Waals surface area contributed by atoms with Crippen molar-refractivity contribution >= 4 is 5.91 Å². The van der Waals surface area contributed by atoms with E-state index in [4.69, 9.17) is 5.11 Å². The van der Waals surface area contributed by atoms with Crippen LogP contribution in [-0.2, 0) is 11.3 Å². The number of carbonyl (C=O) groups is 1. The topological polar surface area (TPSA) is 61.8 Å². The van der Waals surface area contributed by atoms with E-state index in [1.807, 2.05) is 4.90 Å². The van der Waals surface area contributed by atoms with E-state index >= 15 is 0 Å². The molecule has 134 valence electrons. The van der Waals surface area contributed by atoms with Crippen LogP contribution < -0.4 is 10.1 Å². The monoisotopic (exact) mass is 346 g/mol. The van der Waals surface area contributed by atoms with Crippen molar-refractivity contribution < 1.29 is 27.8 Å². The minimum absolute atomic E-state index is 0.131. The molecule has 0 aliphatic carbocycles. The average molecular weight is 346 g/mol. The molecule has 0 bridgehead atoms. The first-order valence-corrected chi connectivity index (χ1v) is 7.80. The SMILES string of the molecule is O=C(CN1CCC(CO)CC1)NCc1ccc(OC(F)(F)F)cc1. The molecular formula is C16H21F3N2O3. The zero-order chi connectivity index (χ0) is 17.6. The van der Waals surface area contributed by atoms with Crippen molar-refractivity contribution in [2.24, 2.45) is 5.92 Å². The van der Waals surface area contributed by atoms with Gasteiger partial charge in [-0.2, -0.15) is 0 Å². The number of alkyl halides is 3. The second kappa shape index (κ2) is 8.34. The summed E-state index contributed by atoms with van der Waals surface area (Å²) in [5.74, 6) is -0.0980. The molecule has 1 aliphatic heterocycles. The molecule has 2 rings (SSSR count). The number of likely N-dealkylation sites (tertiary alicyclic amines) is 1. The van der Waals surface area contributed by atoms with E-state index in [2.05, 4.69) is 10.1 Å². The molecular weight excluding hydrogens is 325 g/mol. The predicted octanol–water partition coefficient (Wildman–Crippen LogP) is 1.91. The Labute approximate surface area is 138 Å². The largest absolute Gasteiger partial charge is 0.573 e. The molecule has 24 heavy (non-hydrogen) atoms. The molecule has 1 aromatic rings. The molecule has 5 nitrogen and oxygen atoms in total. The van der Waals surface area contributed by atoms with Crippen LogP contribution in [0.5, 0.6) is 5.75 Å². The van der Waals surface area contributed by atoms with E-state index in [0.29, 0.717) is 11.5 Å². The molecule has 0 atom stereocenters. The fourth-order valence-corrected chi connectivity index (χ4v) is 2.60. The molecule has 1 amide bonds. The van der Waals surface area contributed by atoms with Gasteiger partial charge < -0.3 is 15.2 Å². The molecule has 1 fully saturated rings. The Hall–Kier alpha value is -1.80. The van der Waals surface area contributed by atoms with Crippen LogP contribution in [0.25, 0.3) is 0 Å². The Morgan fingerprint density at radius 1 is 1.25 bits per heavy atom. The first kappa shape index (κ1) is 18.5. The number of hydrogen-bond donors (Lipinski definition) is 2. The molecule has 8 heteroatoms. The molecule has 0 radical (unpaired) electrons. The summed E-state index contributed by atoms with van der Waals surface area (Å²) in [6, 6.07) is 5.39. The van der Waals surface area contributed by atoms with Crippen molar-refractivity contribution in [2.45, 2.75) is 25.7 Å². The molecule has 1 aromatic carbocycles. The van der Waals surface area contributed by atoms with E-state index in [9.17, 15) is 18.0 Å². The molecule has 1 saturated heterocycles. The Balaban J connectivity index is 1.72. The number of nitrogens with one attached hydrogen (secondary N) is 1. The minimum Gasteiger partial charge on any atom is -0.406 e. The molecule has 1 heterocycles. The highest BCUT2D eigenvalue weighted by atomic mass is 19.4. The summed E-state index contributed by atoms with van der Waals surface area (Å²) in [5.41, 5.74) is 0.692. The lowest BCUT2D eigenvalue weighted by Gasteiger charge is -2.30. The summed E-state index contributed by atoms with van der Waals surface area (Å²) in [7, 11) is 0. The van der Waals surface area contributed by atoms with Crippen molar-refractivity contribution in [3.63, 3.8) is 0 Å². The van der Waals surface area contributed by atoms with Crippen molar-refractivity contribution in [3.8, 4) is 5.75 Å². The van der Waals surface area contributed by atoms with Gasteiger partial charge in [0.15, 0.2) is 0 Å². The molecule has 0 saturated carbocycles. The number of halogens is 3. The minimum atomic E-state index is -4.71. The van der Waals surface area contributed by atoms with Gasteiger partial charge in [0.25, 0.3) is 0 Å². The third kappa shape index (κ3) is 6.37. The van der Waals surface area contributed by atoms with E-state index in [1.54, 1.807) is 0 Å². The Morgan fingerprint density at radius 2 is 1.88 bits per heavy atom. The van der Waals surface area contributed by atoms with Crippen LogP contribution in [0.1, 0.15) is 18.4 Å². The highest BCUT2D eigenvalue weighted by Crippen LogP contribution is 2.22. The van der Waals surface area contributed by atoms with Crippen LogP contribution in [0, 0.1) is 5.92 Å². The van der Waals surface area contributed by atoms with Gasteiger partial charge in [0.05, 0.1) is 6.54 Å². The summed E-state index contributed by atoms with van der Waals surface area (Å²) in [4.78, 5) is 13.9. The van der Waals surface area contributed by atoms with Crippen LogP contribution in [0.2, 0.25) is 0 Å². The lowest BCUT2D eigenvalue weighted by atomic mass is 9.98. The summed E-state index contributed by atoms with van der Waals surface area (Å²) in [6.45, 7) is 2.28. The third-order valence-corrected chi connectivity index (χ3v) is 3.98. The third-order valence-electron chi connectivity index (χ3n) is 3.98. The number of amides is 1. The van der Waals surface area contributed by atoms with Gasteiger partial charge >= 0.3 is 6.36 Å². The second-order valence-corrected chi connectivity index (χ2v) is 5.87. The normalized spacial score (nSPS) is 16.8. The number of benzene rings is 1. The first-order chi connectivity index (χ1) is 11.4. The number of rotatable bonds is 6. The highest BCUT2D eigenvalue weighted by Gasteiger charge is 2.30. The summed E-state index contributed by atoms with van der Waals surface area (Å²) < 4.78 is 40.0. The van der Waals surface area contributed by atoms with Gasteiger partial charge in [-0.25, -0.2) is 0 Å². The number of hydrogen-bond acceptors (Lipinski definition) is 4. The Kier molecular flexibility index (Phi) is 6.44. The number of piperidine rings is 1. The zero-order valence-electron chi connectivity index (χ0n) is 13.2. The van der Waals surface area contributed by atoms with Gasteiger partial charge in [0.2, 0.25) is 5.91 Å². The van der Waals surface area contributed by atoms with Crippen molar-refractivity contribution in [3.05, 3.63) is 29.8 Å². The predicted molar refractivity (Wildman–Crippen MR) is 81.2 cm³/mol. The summed E-state index contributed by atoms with van der Waals surface area (Å²) >= 11 is 0. The number of aliphatic hydroxyl groups is 1.